The number of hydrogen-bond donors (Lipinski definition) is 1. The van der Waals surface area contributed by atoms with Crippen LogP contribution in [-0.2, 0) is 14.3 Å². The predicted molar refractivity (Wildman–Crippen MR) is 69.1 cm³/mol. The Balaban J connectivity index is 3.61. The lowest BCUT2D eigenvalue weighted by atomic mass is 10.2. The molecule has 0 aliphatic carbocycles. The van der Waals surface area contributed by atoms with E-state index < -0.39 is 0 Å². The molecule has 0 fully saturated rings. The number of carbonyl (C=O) groups is 2. The fourth-order valence-corrected chi connectivity index (χ4v) is 2.08. The van der Waals surface area contributed by atoms with Crippen molar-refractivity contribution in [1.29, 1.82) is 0 Å². The summed E-state index contributed by atoms with van der Waals surface area (Å²) in [4.78, 5) is 22.9. The van der Waals surface area contributed by atoms with E-state index in [1.807, 2.05) is 20.8 Å². The number of thioether (sulfide) groups is 1. The van der Waals surface area contributed by atoms with Crippen LogP contribution in [0.15, 0.2) is 0 Å². The number of Topliss-reactive ketones (excluding diaryl/α,β-unsaturated/α-hetero) is 1. The van der Waals surface area contributed by atoms with Crippen LogP contribution in [0.1, 0.15) is 40.0 Å². The van der Waals surface area contributed by atoms with Crippen molar-refractivity contribution in [3.63, 3.8) is 0 Å². The third-order valence-corrected chi connectivity index (χ3v) is 2.73. The quantitative estimate of drug-likeness (QED) is 0.534. The molecule has 0 amide bonds. The van der Waals surface area contributed by atoms with Crippen molar-refractivity contribution in [3.05, 3.63) is 0 Å². The SMILES string of the molecule is CC(C)(C)SC(=O)CC(=O)CCCOCCO. The number of carbonyl (C=O) groups excluding carboxylic acids is 2. The van der Waals surface area contributed by atoms with E-state index in [4.69, 9.17) is 9.84 Å². The smallest absolute Gasteiger partial charge is 0.196 e. The highest BCUT2D eigenvalue weighted by Gasteiger charge is 2.18. The molecule has 0 aromatic rings. The first-order chi connectivity index (χ1) is 7.85. The second-order valence-corrected chi connectivity index (χ2v) is 6.63. The maximum absolute atomic E-state index is 11.5. The van der Waals surface area contributed by atoms with Gasteiger partial charge >= 0.3 is 0 Å². The molecule has 0 radical (unpaired) electrons. The third-order valence-electron chi connectivity index (χ3n) is 1.74. The molecular weight excluding hydrogens is 240 g/mol. The molecule has 0 spiro atoms. The van der Waals surface area contributed by atoms with Gasteiger partial charge in [-0.1, -0.05) is 32.5 Å². The van der Waals surface area contributed by atoms with E-state index in [-0.39, 0.29) is 28.7 Å². The first-order valence-corrected chi connectivity index (χ1v) is 6.59. The number of rotatable bonds is 8. The molecule has 0 heterocycles. The molecule has 1 N–H and O–H groups in total. The van der Waals surface area contributed by atoms with E-state index in [0.717, 1.165) is 0 Å². The average molecular weight is 262 g/mol. The van der Waals surface area contributed by atoms with Crippen molar-refractivity contribution in [2.45, 2.75) is 44.8 Å². The maximum Gasteiger partial charge on any atom is 0.196 e. The number of ketones is 1. The monoisotopic (exact) mass is 262 g/mol. The van der Waals surface area contributed by atoms with Crippen molar-refractivity contribution >= 4 is 22.7 Å². The normalized spacial score (nSPS) is 11.5. The summed E-state index contributed by atoms with van der Waals surface area (Å²) in [5.41, 5.74) is 0. The summed E-state index contributed by atoms with van der Waals surface area (Å²) < 4.78 is 4.89. The Morgan fingerprint density at radius 2 is 1.88 bits per heavy atom. The van der Waals surface area contributed by atoms with Crippen LogP contribution < -0.4 is 0 Å². The van der Waals surface area contributed by atoms with Gasteiger partial charge in [0, 0.05) is 17.8 Å². The molecule has 17 heavy (non-hydrogen) atoms. The Hall–Kier alpha value is -0.390. The van der Waals surface area contributed by atoms with Crippen LogP contribution in [0.4, 0.5) is 0 Å². The summed E-state index contributed by atoms with van der Waals surface area (Å²) in [6, 6.07) is 0. The Morgan fingerprint density at radius 1 is 1.24 bits per heavy atom. The Morgan fingerprint density at radius 3 is 2.41 bits per heavy atom. The summed E-state index contributed by atoms with van der Waals surface area (Å²) >= 11 is 1.21. The van der Waals surface area contributed by atoms with Gasteiger partial charge in [-0.05, 0) is 6.42 Å². The second kappa shape index (κ2) is 8.66. The van der Waals surface area contributed by atoms with E-state index in [1.54, 1.807) is 0 Å². The van der Waals surface area contributed by atoms with Crippen molar-refractivity contribution in [2.24, 2.45) is 0 Å². The zero-order chi connectivity index (χ0) is 13.3. The summed E-state index contributed by atoms with van der Waals surface area (Å²) in [6.07, 6.45) is 0.968. The fraction of sp³-hybridized carbons (Fsp3) is 0.833. The zero-order valence-corrected chi connectivity index (χ0v) is 11.6. The largest absolute Gasteiger partial charge is 0.394 e. The lowest BCUT2D eigenvalue weighted by Gasteiger charge is -2.15. The van der Waals surface area contributed by atoms with Crippen LogP contribution in [0.3, 0.4) is 0 Å². The van der Waals surface area contributed by atoms with E-state index in [0.29, 0.717) is 26.1 Å². The molecule has 0 bridgehead atoms. The molecule has 0 rings (SSSR count). The maximum atomic E-state index is 11.5. The van der Waals surface area contributed by atoms with Crippen molar-refractivity contribution in [1.82, 2.24) is 0 Å². The molecule has 5 heteroatoms. The summed E-state index contributed by atoms with van der Waals surface area (Å²) in [7, 11) is 0. The highest BCUT2D eigenvalue weighted by Crippen LogP contribution is 2.25. The lowest BCUT2D eigenvalue weighted by molar-refractivity contribution is -0.123. The van der Waals surface area contributed by atoms with Crippen molar-refractivity contribution in [2.75, 3.05) is 19.8 Å². The van der Waals surface area contributed by atoms with E-state index in [9.17, 15) is 9.59 Å². The average Bonchev–Trinajstić information content (AvgIpc) is 2.14. The van der Waals surface area contributed by atoms with Crippen LogP contribution in [0.2, 0.25) is 0 Å². The molecule has 0 aromatic heterocycles. The second-order valence-electron chi connectivity index (χ2n) is 4.74. The van der Waals surface area contributed by atoms with E-state index in [1.165, 1.54) is 11.8 Å². The van der Waals surface area contributed by atoms with Crippen LogP contribution in [0, 0.1) is 0 Å². The van der Waals surface area contributed by atoms with Crippen LogP contribution in [0.25, 0.3) is 0 Å². The summed E-state index contributed by atoms with van der Waals surface area (Å²) in [5, 5.41) is 8.39. The third kappa shape index (κ3) is 11.9. The van der Waals surface area contributed by atoms with Crippen molar-refractivity contribution in [3.8, 4) is 0 Å². The van der Waals surface area contributed by atoms with Gasteiger partial charge in [0.25, 0.3) is 0 Å². The van der Waals surface area contributed by atoms with Gasteiger partial charge in [-0.25, -0.2) is 0 Å². The highest BCUT2D eigenvalue weighted by molar-refractivity contribution is 8.14. The number of aliphatic hydroxyl groups is 1. The molecule has 0 saturated carbocycles. The van der Waals surface area contributed by atoms with Crippen LogP contribution >= 0.6 is 11.8 Å². The molecule has 0 aliphatic heterocycles. The molecule has 0 aromatic carbocycles. The van der Waals surface area contributed by atoms with Gasteiger partial charge in [0.05, 0.1) is 19.6 Å². The first-order valence-electron chi connectivity index (χ1n) is 5.77. The summed E-state index contributed by atoms with van der Waals surface area (Å²) in [5.74, 6) is -0.0423. The van der Waals surface area contributed by atoms with Gasteiger partial charge in [0.1, 0.15) is 5.78 Å². The Kier molecular flexibility index (Phi) is 8.47. The Labute approximate surface area is 107 Å². The van der Waals surface area contributed by atoms with Crippen molar-refractivity contribution < 1.29 is 19.4 Å². The highest BCUT2D eigenvalue weighted by atomic mass is 32.2. The van der Waals surface area contributed by atoms with Gasteiger partial charge < -0.3 is 9.84 Å². The summed E-state index contributed by atoms with van der Waals surface area (Å²) in [6.45, 7) is 6.59. The van der Waals surface area contributed by atoms with Crippen LogP contribution in [0.5, 0.6) is 0 Å². The van der Waals surface area contributed by atoms with Crippen LogP contribution in [-0.4, -0.2) is 40.6 Å². The molecule has 0 aliphatic rings. The molecular formula is C12H22O4S. The molecule has 4 nitrogen and oxygen atoms in total. The molecule has 0 unspecified atom stereocenters. The topological polar surface area (TPSA) is 63.6 Å². The lowest BCUT2D eigenvalue weighted by Crippen LogP contribution is -2.14. The number of hydrogen-bond acceptors (Lipinski definition) is 5. The van der Waals surface area contributed by atoms with Gasteiger partial charge in [0.15, 0.2) is 5.12 Å². The van der Waals surface area contributed by atoms with Gasteiger partial charge in [-0.3, -0.25) is 9.59 Å². The first kappa shape index (κ1) is 16.6. The number of ether oxygens (including phenoxy) is 1. The minimum atomic E-state index is -0.137. The zero-order valence-electron chi connectivity index (χ0n) is 10.8. The Bertz CT molecular complexity index is 245. The van der Waals surface area contributed by atoms with E-state index >= 15 is 0 Å². The van der Waals surface area contributed by atoms with Gasteiger partial charge in [-0.15, -0.1) is 0 Å². The minimum absolute atomic E-state index is 0.00192. The minimum Gasteiger partial charge on any atom is -0.394 e. The predicted octanol–water partition coefficient (Wildman–Crippen LogP) is 1.79. The molecule has 0 saturated heterocycles. The molecule has 100 valence electrons. The number of aliphatic hydroxyl groups excluding tert-OH is 1. The van der Waals surface area contributed by atoms with Gasteiger partial charge in [-0.2, -0.15) is 0 Å². The molecule has 0 atom stereocenters. The fourth-order valence-electron chi connectivity index (χ4n) is 1.16. The standard InChI is InChI=1S/C12H22O4S/c1-12(2,3)17-11(15)9-10(14)5-4-7-16-8-6-13/h13H,4-9H2,1-3H3. The van der Waals surface area contributed by atoms with E-state index in [2.05, 4.69) is 0 Å². The van der Waals surface area contributed by atoms with Gasteiger partial charge in [0.2, 0.25) is 0 Å².